The van der Waals surface area contributed by atoms with Gasteiger partial charge in [-0.25, -0.2) is 4.79 Å². The number of carboxylic acids is 1. The van der Waals surface area contributed by atoms with Crippen LogP contribution in [0.4, 0.5) is 11.4 Å². The zero-order valence-corrected chi connectivity index (χ0v) is 11.6. The van der Waals surface area contributed by atoms with Crippen LogP contribution in [0.3, 0.4) is 0 Å². The lowest BCUT2D eigenvalue weighted by Gasteiger charge is -2.36. The number of aliphatic hydroxyl groups excluding tert-OH is 1. The smallest absolute Gasteiger partial charge is 0.337 e. The lowest BCUT2D eigenvalue weighted by atomic mass is 9.93. The summed E-state index contributed by atoms with van der Waals surface area (Å²) < 4.78 is 0. The lowest BCUT2D eigenvalue weighted by molar-refractivity contribution is 0.0697. The summed E-state index contributed by atoms with van der Waals surface area (Å²) in [6.07, 6.45) is 5.60. The van der Waals surface area contributed by atoms with Gasteiger partial charge in [-0.05, 0) is 31.0 Å². The van der Waals surface area contributed by atoms with Crippen molar-refractivity contribution in [3.8, 4) is 0 Å². The van der Waals surface area contributed by atoms with Crippen molar-refractivity contribution in [2.24, 2.45) is 0 Å². The summed E-state index contributed by atoms with van der Waals surface area (Å²) >= 11 is 0. The van der Waals surface area contributed by atoms with Crippen molar-refractivity contribution in [2.45, 2.75) is 38.1 Å². The number of aromatic carboxylic acids is 1. The number of nitrogens with zero attached hydrogens (tertiary/aromatic N) is 1. The highest BCUT2D eigenvalue weighted by Gasteiger charge is 2.24. The Labute approximate surface area is 119 Å². The second-order valence-electron chi connectivity index (χ2n) is 5.29. The zero-order valence-electron chi connectivity index (χ0n) is 11.6. The van der Waals surface area contributed by atoms with E-state index in [4.69, 9.17) is 5.73 Å². The predicted octanol–water partition coefficient (Wildman–Crippen LogP) is 2.10. The third kappa shape index (κ3) is 3.22. The maximum atomic E-state index is 11.4. The molecule has 1 aliphatic carbocycles. The quantitative estimate of drug-likeness (QED) is 0.718. The first-order valence-electron chi connectivity index (χ1n) is 7.14. The molecule has 1 aliphatic rings. The average molecular weight is 278 g/mol. The molecule has 1 aromatic carbocycles. The molecular weight excluding hydrogens is 256 g/mol. The third-order valence-electron chi connectivity index (χ3n) is 3.92. The molecule has 0 unspecified atom stereocenters. The molecule has 4 N–H and O–H groups in total. The fraction of sp³-hybridized carbons (Fsp3) is 0.533. The molecule has 1 fully saturated rings. The molecule has 110 valence electrons. The van der Waals surface area contributed by atoms with Gasteiger partial charge >= 0.3 is 5.97 Å². The normalized spacial score (nSPS) is 16.1. The molecule has 5 heteroatoms. The van der Waals surface area contributed by atoms with E-state index in [9.17, 15) is 15.0 Å². The van der Waals surface area contributed by atoms with Crippen molar-refractivity contribution in [2.75, 3.05) is 23.8 Å². The van der Waals surface area contributed by atoms with Gasteiger partial charge in [-0.1, -0.05) is 19.3 Å². The number of rotatable bonds is 5. The Hall–Kier alpha value is -1.75. The minimum absolute atomic E-state index is 0.00432. The van der Waals surface area contributed by atoms with Gasteiger partial charge in [0.05, 0.1) is 17.9 Å². The van der Waals surface area contributed by atoms with Crippen molar-refractivity contribution < 1.29 is 15.0 Å². The van der Waals surface area contributed by atoms with E-state index in [0.717, 1.165) is 25.7 Å². The van der Waals surface area contributed by atoms with Crippen LogP contribution < -0.4 is 10.6 Å². The van der Waals surface area contributed by atoms with Gasteiger partial charge in [-0.15, -0.1) is 0 Å². The minimum atomic E-state index is -0.959. The molecule has 0 heterocycles. The molecule has 1 aromatic rings. The van der Waals surface area contributed by atoms with Crippen LogP contribution in [0.1, 0.15) is 42.5 Å². The molecule has 20 heavy (non-hydrogen) atoms. The monoisotopic (exact) mass is 278 g/mol. The molecule has 0 atom stereocenters. The lowest BCUT2D eigenvalue weighted by Crippen LogP contribution is -2.39. The summed E-state index contributed by atoms with van der Waals surface area (Å²) in [5, 5.41) is 18.6. The van der Waals surface area contributed by atoms with Gasteiger partial charge in [0.25, 0.3) is 0 Å². The highest BCUT2D eigenvalue weighted by molar-refractivity contribution is 5.95. The third-order valence-corrected chi connectivity index (χ3v) is 3.92. The maximum Gasteiger partial charge on any atom is 0.337 e. The van der Waals surface area contributed by atoms with Crippen LogP contribution in [0.5, 0.6) is 0 Å². The Morgan fingerprint density at radius 3 is 2.60 bits per heavy atom. The first-order valence-corrected chi connectivity index (χ1v) is 7.14. The zero-order chi connectivity index (χ0) is 14.5. The van der Waals surface area contributed by atoms with Crippen molar-refractivity contribution in [3.05, 3.63) is 23.8 Å². The minimum Gasteiger partial charge on any atom is -0.478 e. The number of aliphatic hydroxyl groups is 1. The van der Waals surface area contributed by atoms with Crippen LogP contribution >= 0.6 is 0 Å². The first-order chi connectivity index (χ1) is 9.63. The van der Waals surface area contributed by atoms with Gasteiger partial charge in [-0.2, -0.15) is 0 Å². The van der Waals surface area contributed by atoms with Crippen LogP contribution in [0.2, 0.25) is 0 Å². The standard InChI is InChI=1S/C15H22N2O3/c16-11-6-7-13(15(19)20)14(10-11)17(8-9-18)12-4-2-1-3-5-12/h6-7,10,12,18H,1-5,8-9,16H2,(H,19,20). The van der Waals surface area contributed by atoms with E-state index in [2.05, 4.69) is 0 Å². The summed E-state index contributed by atoms with van der Waals surface area (Å²) in [7, 11) is 0. The van der Waals surface area contributed by atoms with E-state index in [1.54, 1.807) is 18.2 Å². The second-order valence-corrected chi connectivity index (χ2v) is 5.29. The van der Waals surface area contributed by atoms with Crippen LogP contribution in [-0.4, -0.2) is 35.4 Å². The number of hydrogen-bond donors (Lipinski definition) is 3. The highest BCUT2D eigenvalue weighted by atomic mass is 16.4. The fourth-order valence-electron chi connectivity index (χ4n) is 2.97. The van der Waals surface area contributed by atoms with E-state index in [1.807, 2.05) is 4.90 Å². The molecule has 0 bridgehead atoms. The summed E-state index contributed by atoms with van der Waals surface area (Å²) in [5.41, 5.74) is 7.23. The number of nitrogens with two attached hydrogens (primary N) is 1. The second kappa shape index (κ2) is 6.61. The molecule has 0 aromatic heterocycles. The molecular formula is C15H22N2O3. The van der Waals surface area contributed by atoms with E-state index in [1.165, 1.54) is 6.42 Å². The summed E-state index contributed by atoms with van der Waals surface area (Å²) in [6, 6.07) is 5.13. The van der Waals surface area contributed by atoms with Crippen molar-refractivity contribution in [1.82, 2.24) is 0 Å². The highest BCUT2D eigenvalue weighted by Crippen LogP contribution is 2.31. The molecule has 0 aliphatic heterocycles. The van der Waals surface area contributed by atoms with Gasteiger partial charge in [0.2, 0.25) is 0 Å². The van der Waals surface area contributed by atoms with E-state index in [-0.39, 0.29) is 18.2 Å². The summed E-state index contributed by atoms with van der Waals surface area (Å²) in [4.78, 5) is 13.4. The Morgan fingerprint density at radius 1 is 1.30 bits per heavy atom. The summed E-state index contributed by atoms with van der Waals surface area (Å²) in [6.45, 7) is 0.443. The number of benzene rings is 1. The van der Waals surface area contributed by atoms with Crippen molar-refractivity contribution >= 4 is 17.3 Å². The van der Waals surface area contributed by atoms with Crippen LogP contribution in [0.15, 0.2) is 18.2 Å². The number of anilines is 2. The maximum absolute atomic E-state index is 11.4. The number of nitrogen functional groups attached to an aromatic ring is 1. The molecule has 5 nitrogen and oxygen atoms in total. The van der Waals surface area contributed by atoms with Gasteiger partial charge in [0, 0.05) is 18.3 Å². The molecule has 2 rings (SSSR count). The topological polar surface area (TPSA) is 86.8 Å². The average Bonchev–Trinajstić information content (AvgIpc) is 2.45. The number of carboxylic acid groups (broad SMARTS) is 1. The van der Waals surface area contributed by atoms with Gasteiger partial charge < -0.3 is 20.8 Å². The Kier molecular flexibility index (Phi) is 4.84. The van der Waals surface area contributed by atoms with Crippen LogP contribution in [0, 0.1) is 0 Å². The Morgan fingerprint density at radius 2 is 2.00 bits per heavy atom. The fourth-order valence-corrected chi connectivity index (χ4v) is 2.97. The molecule has 0 saturated heterocycles. The van der Waals surface area contributed by atoms with Crippen molar-refractivity contribution in [3.63, 3.8) is 0 Å². The predicted molar refractivity (Wildman–Crippen MR) is 79.1 cm³/mol. The molecule has 0 spiro atoms. The van der Waals surface area contributed by atoms with Gasteiger partial charge in [-0.3, -0.25) is 0 Å². The van der Waals surface area contributed by atoms with Crippen LogP contribution in [-0.2, 0) is 0 Å². The Balaban J connectivity index is 2.36. The van der Waals surface area contributed by atoms with E-state index < -0.39 is 5.97 Å². The SMILES string of the molecule is Nc1ccc(C(=O)O)c(N(CCO)C2CCCCC2)c1. The largest absolute Gasteiger partial charge is 0.478 e. The number of hydrogen-bond acceptors (Lipinski definition) is 4. The molecule has 0 radical (unpaired) electrons. The van der Waals surface area contributed by atoms with E-state index in [0.29, 0.717) is 17.9 Å². The first kappa shape index (κ1) is 14.7. The molecule has 1 saturated carbocycles. The number of carbonyl (C=O) groups is 1. The van der Waals surface area contributed by atoms with E-state index >= 15 is 0 Å². The van der Waals surface area contributed by atoms with Gasteiger partial charge in [0.1, 0.15) is 0 Å². The summed E-state index contributed by atoms with van der Waals surface area (Å²) in [5.74, 6) is -0.959. The van der Waals surface area contributed by atoms with Crippen molar-refractivity contribution in [1.29, 1.82) is 0 Å². The van der Waals surface area contributed by atoms with Crippen LogP contribution in [0.25, 0.3) is 0 Å². The Bertz CT molecular complexity index is 470. The molecule has 0 amide bonds. The van der Waals surface area contributed by atoms with Gasteiger partial charge in [0.15, 0.2) is 0 Å².